The van der Waals surface area contributed by atoms with E-state index < -0.39 is 0 Å². The number of rotatable bonds is 4. The lowest BCUT2D eigenvalue weighted by molar-refractivity contribution is 0.373. The molecule has 1 N–H and O–H groups in total. The lowest BCUT2D eigenvalue weighted by Gasteiger charge is -2.36. The van der Waals surface area contributed by atoms with Gasteiger partial charge in [-0.15, -0.1) is 0 Å². The van der Waals surface area contributed by atoms with Crippen LogP contribution in [0.15, 0.2) is 42.5 Å². The second-order valence-electron chi connectivity index (χ2n) is 5.98. The van der Waals surface area contributed by atoms with E-state index in [2.05, 4.69) is 36.2 Å². The maximum absolute atomic E-state index is 9.88. The van der Waals surface area contributed by atoms with Crippen molar-refractivity contribution in [2.24, 2.45) is 0 Å². The summed E-state index contributed by atoms with van der Waals surface area (Å²) in [5, 5.41) is 9.88. The molecular formula is C19H23NO2. The number of para-hydroxylation sites is 1. The summed E-state index contributed by atoms with van der Waals surface area (Å²) in [7, 11) is 3.76. The molecule has 3 nitrogen and oxygen atoms in total. The Bertz CT molecular complexity index is 654. The lowest BCUT2D eigenvalue weighted by Crippen LogP contribution is -2.36. The van der Waals surface area contributed by atoms with Gasteiger partial charge in [0.15, 0.2) is 11.5 Å². The zero-order valence-electron chi connectivity index (χ0n) is 13.2. The number of hydrogen-bond acceptors (Lipinski definition) is 3. The van der Waals surface area contributed by atoms with Gasteiger partial charge in [0, 0.05) is 18.8 Å². The van der Waals surface area contributed by atoms with E-state index in [-0.39, 0.29) is 5.75 Å². The fourth-order valence-corrected chi connectivity index (χ4v) is 3.34. The zero-order chi connectivity index (χ0) is 15.5. The quantitative estimate of drug-likeness (QED) is 0.932. The van der Waals surface area contributed by atoms with E-state index in [1.54, 1.807) is 7.11 Å². The summed E-state index contributed by atoms with van der Waals surface area (Å²) in [6, 6.07) is 14.9. The van der Waals surface area contributed by atoms with Crippen molar-refractivity contribution in [1.29, 1.82) is 0 Å². The van der Waals surface area contributed by atoms with Crippen molar-refractivity contribution >= 4 is 5.69 Å². The third-order valence-electron chi connectivity index (χ3n) is 4.68. The highest BCUT2D eigenvalue weighted by atomic mass is 16.5. The molecule has 0 amide bonds. The van der Waals surface area contributed by atoms with Crippen molar-refractivity contribution in [1.82, 2.24) is 0 Å². The van der Waals surface area contributed by atoms with Crippen molar-refractivity contribution in [2.75, 3.05) is 19.1 Å². The van der Waals surface area contributed by atoms with Crippen molar-refractivity contribution < 1.29 is 9.84 Å². The van der Waals surface area contributed by atoms with Crippen LogP contribution in [-0.2, 0) is 12.8 Å². The number of aryl methyl sites for hydroxylation is 2. The summed E-state index contributed by atoms with van der Waals surface area (Å²) >= 11 is 0. The summed E-state index contributed by atoms with van der Waals surface area (Å²) in [5.41, 5.74) is 3.96. The molecule has 0 aliphatic carbocycles. The van der Waals surface area contributed by atoms with Crippen molar-refractivity contribution in [3.63, 3.8) is 0 Å². The fraction of sp³-hybridized carbons (Fsp3) is 0.368. The number of aromatic hydroxyl groups is 1. The minimum atomic E-state index is 0.224. The van der Waals surface area contributed by atoms with E-state index in [4.69, 9.17) is 4.74 Å². The highest BCUT2D eigenvalue weighted by molar-refractivity contribution is 5.55. The summed E-state index contributed by atoms with van der Waals surface area (Å²) in [4.78, 5) is 2.40. The molecule has 0 radical (unpaired) electrons. The predicted octanol–water partition coefficient (Wildman–Crippen LogP) is 3.78. The minimum absolute atomic E-state index is 0.224. The molecule has 1 aliphatic heterocycles. The number of nitrogens with zero attached hydrogens (tertiary/aromatic N) is 1. The standard InChI is InChI=1S/C19H23NO2/c1-20-16(11-9-15-5-3-4-6-17(15)20)10-7-14-8-12-19(22-2)18(21)13-14/h3-6,8,12-13,16,21H,7,9-11H2,1-2H3. The molecule has 0 saturated heterocycles. The van der Waals surface area contributed by atoms with E-state index in [1.807, 2.05) is 18.2 Å². The monoisotopic (exact) mass is 297 g/mol. The number of benzene rings is 2. The van der Waals surface area contributed by atoms with Crippen LogP contribution in [0.5, 0.6) is 11.5 Å². The van der Waals surface area contributed by atoms with Gasteiger partial charge in [-0.25, -0.2) is 0 Å². The largest absolute Gasteiger partial charge is 0.504 e. The molecule has 0 aromatic heterocycles. The zero-order valence-corrected chi connectivity index (χ0v) is 13.2. The number of anilines is 1. The first-order chi connectivity index (χ1) is 10.7. The normalized spacial score (nSPS) is 17.2. The van der Waals surface area contributed by atoms with Crippen LogP contribution in [0.2, 0.25) is 0 Å². The van der Waals surface area contributed by atoms with Crippen LogP contribution in [-0.4, -0.2) is 25.3 Å². The summed E-state index contributed by atoms with van der Waals surface area (Å²) in [6.07, 6.45) is 4.40. The van der Waals surface area contributed by atoms with Gasteiger partial charge in [0.2, 0.25) is 0 Å². The molecule has 0 saturated carbocycles. The fourth-order valence-electron chi connectivity index (χ4n) is 3.34. The van der Waals surface area contributed by atoms with E-state index in [0.717, 1.165) is 24.8 Å². The second kappa shape index (κ2) is 6.30. The number of phenolic OH excluding ortho intramolecular Hbond substituents is 1. The maximum atomic E-state index is 9.88. The van der Waals surface area contributed by atoms with Crippen molar-refractivity contribution in [3.05, 3.63) is 53.6 Å². The Labute approximate surface area is 132 Å². The van der Waals surface area contributed by atoms with Gasteiger partial charge in [-0.1, -0.05) is 24.3 Å². The average molecular weight is 297 g/mol. The van der Waals surface area contributed by atoms with Gasteiger partial charge in [0.1, 0.15) is 0 Å². The Hall–Kier alpha value is -2.16. The summed E-state index contributed by atoms with van der Waals surface area (Å²) < 4.78 is 5.09. The molecule has 116 valence electrons. The van der Waals surface area contributed by atoms with Crippen LogP contribution in [0.1, 0.15) is 24.0 Å². The molecule has 3 heteroatoms. The Kier molecular flexibility index (Phi) is 4.23. The van der Waals surface area contributed by atoms with Crippen LogP contribution < -0.4 is 9.64 Å². The molecule has 3 rings (SSSR count). The molecule has 1 atom stereocenters. The summed E-state index contributed by atoms with van der Waals surface area (Å²) in [6.45, 7) is 0. The molecule has 2 aromatic rings. The van der Waals surface area contributed by atoms with Gasteiger partial charge in [0.25, 0.3) is 0 Å². The van der Waals surface area contributed by atoms with E-state index in [0.29, 0.717) is 11.8 Å². The SMILES string of the molecule is COc1ccc(CCC2CCc3ccccc3N2C)cc1O. The Morgan fingerprint density at radius 2 is 2.05 bits per heavy atom. The topological polar surface area (TPSA) is 32.7 Å². The van der Waals surface area contributed by atoms with Gasteiger partial charge in [-0.05, 0) is 55.0 Å². The number of phenols is 1. The predicted molar refractivity (Wildman–Crippen MR) is 89.9 cm³/mol. The number of ether oxygens (including phenoxy) is 1. The van der Waals surface area contributed by atoms with Gasteiger partial charge >= 0.3 is 0 Å². The van der Waals surface area contributed by atoms with E-state index in [1.165, 1.54) is 17.7 Å². The molecule has 0 spiro atoms. The van der Waals surface area contributed by atoms with Crippen LogP contribution >= 0.6 is 0 Å². The highest BCUT2D eigenvalue weighted by Gasteiger charge is 2.22. The van der Waals surface area contributed by atoms with Crippen molar-refractivity contribution in [3.8, 4) is 11.5 Å². The van der Waals surface area contributed by atoms with Crippen LogP contribution in [0.4, 0.5) is 5.69 Å². The van der Waals surface area contributed by atoms with E-state index >= 15 is 0 Å². The minimum Gasteiger partial charge on any atom is -0.504 e. The van der Waals surface area contributed by atoms with E-state index in [9.17, 15) is 5.11 Å². The van der Waals surface area contributed by atoms with Crippen LogP contribution in [0.25, 0.3) is 0 Å². The molecule has 0 fully saturated rings. The molecule has 1 aliphatic rings. The lowest BCUT2D eigenvalue weighted by atomic mass is 9.92. The third-order valence-corrected chi connectivity index (χ3v) is 4.68. The first-order valence-corrected chi connectivity index (χ1v) is 7.85. The van der Waals surface area contributed by atoms with Gasteiger partial charge in [-0.2, -0.15) is 0 Å². The Morgan fingerprint density at radius 1 is 1.23 bits per heavy atom. The van der Waals surface area contributed by atoms with Gasteiger partial charge in [-0.3, -0.25) is 0 Å². The van der Waals surface area contributed by atoms with Gasteiger partial charge in [0.05, 0.1) is 7.11 Å². The van der Waals surface area contributed by atoms with Crippen LogP contribution in [0, 0.1) is 0 Å². The van der Waals surface area contributed by atoms with Crippen molar-refractivity contribution in [2.45, 2.75) is 31.7 Å². The van der Waals surface area contributed by atoms with Gasteiger partial charge < -0.3 is 14.7 Å². The Morgan fingerprint density at radius 3 is 2.82 bits per heavy atom. The third kappa shape index (κ3) is 2.89. The molecule has 22 heavy (non-hydrogen) atoms. The molecule has 1 unspecified atom stereocenters. The number of methoxy groups -OCH3 is 1. The second-order valence-corrected chi connectivity index (χ2v) is 5.98. The first kappa shape index (κ1) is 14.8. The summed E-state index contributed by atoms with van der Waals surface area (Å²) in [5.74, 6) is 0.759. The highest BCUT2D eigenvalue weighted by Crippen LogP contribution is 2.32. The molecule has 2 aromatic carbocycles. The average Bonchev–Trinajstić information content (AvgIpc) is 2.55. The molecule has 1 heterocycles. The smallest absolute Gasteiger partial charge is 0.160 e. The Balaban J connectivity index is 1.66. The number of fused-ring (bicyclic) bond motifs is 1. The first-order valence-electron chi connectivity index (χ1n) is 7.85. The number of hydrogen-bond donors (Lipinski definition) is 1. The molecule has 0 bridgehead atoms. The van der Waals surface area contributed by atoms with Crippen LogP contribution in [0.3, 0.4) is 0 Å². The molecular weight excluding hydrogens is 274 g/mol. The maximum Gasteiger partial charge on any atom is 0.160 e.